The van der Waals surface area contributed by atoms with E-state index in [9.17, 15) is 13.5 Å². The quantitative estimate of drug-likeness (QED) is 0.421. The Labute approximate surface area is 220 Å². The molecule has 0 aromatic heterocycles. The van der Waals surface area contributed by atoms with Gasteiger partial charge in [0.15, 0.2) is 9.84 Å². The highest BCUT2D eigenvalue weighted by Gasteiger charge is 2.39. The molecule has 6 nitrogen and oxygen atoms in total. The highest BCUT2D eigenvalue weighted by Crippen LogP contribution is 2.34. The lowest BCUT2D eigenvalue weighted by Gasteiger charge is -2.35. The molecule has 1 heterocycles. The maximum Gasteiger partial charge on any atom is 0.152 e. The summed E-state index contributed by atoms with van der Waals surface area (Å²) in [5.41, 5.74) is 9.49. The Kier molecular flexibility index (Phi) is 10.3. The minimum atomic E-state index is -3.32. The molecule has 2 aromatic carbocycles. The zero-order valence-electron chi connectivity index (χ0n) is 20.9. The lowest BCUT2D eigenvalue weighted by Crippen LogP contribution is -2.54. The average Bonchev–Trinajstić information content (AvgIpc) is 2.75. The molecule has 3 atom stereocenters. The average molecular weight is 546 g/mol. The molecular weight excluding hydrogens is 507 g/mol. The molecular formula is C26H38Cl2N2O4S. The van der Waals surface area contributed by atoms with Gasteiger partial charge in [-0.1, -0.05) is 63.6 Å². The Bertz CT molecular complexity index is 1100. The molecule has 1 fully saturated rings. The smallest absolute Gasteiger partial charge is 0.152 e. The molecule has 1 aliphatic rings. The van der Waals surface area contributed by atoms with Gasteiger partial charge < -0.3 is 20.9 Å². The summed E-state index contributed by atoms with van der Waals surface area (Å²) in [6.45, 7) is 9.46. The van der Waals surface area contributed by atoms with Crippen molar-refractivity contribution in [3.8, 4) is 5.75 Å². The van der Waals surface area contributed by atoms with Crippen molar-refractivity contribution in [1.82, 2.24) is 5.32 Å². The van der Waals surface area contributed by atoms with Gasteiger partial charge >= 0.3 is 0 Å². The first-order valence-corrected chi connectivity index (χ1v) is 14.0. The van der Waals surface area contributed by atoms with Crippen LogP contribution < -0.4 is 15.8 Å². The number of aliphatic hydroxyl groups is 1. The molecule has 196 valence electrons. The van der Waals surface area contributed by atoms with E-state index in [-0.39, 0.29) is 29.3 Å². The molecule has 0 aliphatic carbocycles. The van der Waals surface area contributed by atoms with Crippen molar-refractivity contribution < 1.29 is 18.3 Å². The van der Waals surface area contributed by atoms with Crippen molar-refractivity contribution in [2.24, 2.45) is 5.92 Å². The summed E-state index contributed by atoms with van der Waals surface area (Å²) in [5, 5.41) is 14.8. The molecule has 0 radical (unpaired) electrons. The Hall–Kier alpha value is -1.51. The topological polar surface area (TPSA) is 102 Å². The third-order valence-electron chi connectivity index (χ3n) is 6.27. The number of anilines is 1. The Morgan fingerprint density at radius 3 is 2.54 bits per heavy atom. The van der Waals surface area contributed by atoms with Crippen molar-refractivity contribution in [2.75, 3.05) is 23.8 Å². The normalized spacial score (nSPS) is 21.8. The van der Waals surface area contributed by atoms with Gasteiger partial charge in [-0.25, -0.2) is 8.42 Å². The lowest BCUT2D eigenvalue weighted by molar-refractivity contribution is 0.0781. The van der Waals surface area contributed by atoms with E-state index in [1.54, 1.807) is 12.1 Å². The molecule has 2 aromatic rings. The third kappa shape index (κ3) is 7.99. The van der Waals surface area contributed by atoms with Crippen LogP contribution in [0.1, 0.15) is 50.8 Å². The minimum absolute atomic E-state index is 0. The fraction of sp³-hybridized carbons (Fsp3) is 0.538. The monoisotopic (exact) mass is 544 g/mol. The van der Waals surface area contributed by atoms with Crippen molar-refractivity contribution in [3.05, 3.63) is 58.1 Å². The summed E-state index contributed by atoms with van der Waals surface area (Å²) in [6.07, 6.45) is 0.374. The molecule has 0 unspecified atom stereocenters. The van der Waals surface area contributed by atoms with Gasteiger partial charge in [0.1, 0.15) is 5.75 Å². The Morgan fingerprint density at radius 2 is 1.89 bits per heavy atom. The second kappa shape index (κ2) is 12.2. The molecule has 9 heteroatoms. The van der Waals surface area contributed by atoms with Gasteiger partial charge in [0.05, 0.1) is 34.9 Å². The molecule has 0 amide bonds. The van der Waals surface area contributed by atoms with Gasteiger partial charge in [-0.05, 0) is 47.1 Å². The van der Waals surface area contributed by atoms with E-state index in [4.69, 9.17) is 22.1 Å². The number of sulfone groups is 1. The van der Waals surface area contributed by atoms with E-state index < -0.39 is 27.9 Å². The highest BCUT2D eigenvalue weighted by atomic mass is 35.5. The fourth-order valence-corrected chi connectivity index (χ4v) is 6.55. The second-order valence-electron chi connectivity index (χ2n) is 10.3. The first kappa shape index (κ1) is 29.7. The number of hydrogen-bond acceptors (Lipinski definition) is 6. The number of halogens is 2. The van der Waals surface area contributed by atoms with Crippen LogP contribution in [-0.4, -0.2) is 43.8 Å². The van der Waals surface area contributed by atoms with E-state index >= 15 is 0 Å². The van der Waals surface area contributed by atoms with Crippen molar-refractivity contribution in [2.45, 2.75) is 64.6 Å². The number of nitrogens with two attached hydrogens (primary N) is 1. The first-order valence-electron chi connectivity index (χ1n) is 11.8. The van der Waals surface area contributed by atoms with E-state index in [1.807, 2.05) is 19.1 Å². The van der Waals surface area contributed by atoms with Gasteiger partial charge in [0.2, 0.25) is 0 Å². The largest absolute Gasteiger partial charge is 0.491 e. The Balaban J connectivity index is 0.00000432. The Morgan fingerprint density at radius 1 is 1.17 bits per heavy atom. The van der Waals surface area contributed by atoms with Crippen LogP contribution in [0.3, 0.4) is 0 Å². The fourth-order valence-electron chi connectivity index (χ4n) is 4.35. The summed E-state index contributed by atoms with van der Waals surface area (Å²) in [7, 11) is -3.32. The number of hydrogen-bond donors (Lipinski definition) is 3. The summed E-state index contributed by atoms with van der Waals surface area (Å²) in [6, 6.07) is 11.2. The van der Waals surface area contributed by atoms with E-state index in [0.717, 1.165) is 17.5 Å². The van der Waals surface area contributed by atoms with Gasteiger partial charge in [-0.3, -0.25) is 0 Å². The van der Waals surface area contributed by atoms with Gasteiger partial charge in [-0.2, -0.15) is 0 Å². The second-order valence-corrected chi connectivity index (χ2v) is 12.9. The standard InChI is InChI=1S/C26H37ClN2O4S.ClH/c1-5-9-33-23-13-18(12-21(27)24(23)28)10-19-15-34(31,32)16-22(25(19)30)29-14-17-7-6-8-20(11-17)26(2,3)4;/h6-8,11-13,19,22,25,29-30H,5,9-10,14-16,28H2,1-4H3;1H/t19-,22+,25+;/m1./s1. The van der Waals surface area contributed by atoms with Crippen LogP contribution in [0.4, 0.5) is 5.69 Å². The predicted molar refractivity (Wildman–Crippen MR) is 147 cm³/mol. The maximum absolute atomic E-state index is 12.7. The first-order chi connectivity index (χ1) is 15.9. The predicted octanol–water partition coefficient (Wildman–Crippen LogP) is 4.54. The van der Waals surface area contributed by atoms with Crippen LogP contribution >= 0.6 is 24.0 Å². The van der Waals surface area contributed by atoms with Crippen LogP contribution in [0.25, 0.3) is 0 Å². The number of rotatable bonds is 8. The lowest BCUT2D eigenvalue weighted by atomic mass is 9.86. The van der Waals surface area contributed by atoms with Crippen LogP contribution in [0, 0.1) is 5.92 Å². The van der Waals surface area contributed by atoms with Crippen molar-refractivity contribution in [1.29, 1.82) is 0 Å². The molecule has 0 spiro atoms. The molecule has 4 N–H and O–H groups in total. The summed E-state index contributed by atoms with van der Waals surface area (Å²) in [4.78, 5) is 0. The number of ether oxygens (including phenoxy) is 1. The number of aliphatic hydroxyl groups excluding tert-OH is 1. The SMILES string of the molecule is CCCOc1cc(C[C@@H]2CS(=O)(=O)C[C@H](NCc3cccc(C(C)(C)C)c3)[C@H]2O)cc(Cl)c1N.Cl. The third-order valence-corrected chi connectivity index (χ3v) is 8.38. The van der Waals surface area contributed by atoms with E-state index in [1.165, 1.54) is 5.56 Å². The molecule has 3 rings (SSSR count). The van der Waals surface area contributed by atoms with Gasteiger partial charge in [-0.15, -0.1) is 12.4 Å². The van der Waals surface area contributed by atoms with E-state index in [2.05, 4.69) is 38.2 Å². The summed E-state index contributed by atoms with van der Waals surface area (Å²) >= 11 is 6.30. The van der Waals surface area contributed by atoms with Crippen LogP contribution in [0.15, 0.2) is 36.4 Å². The van der Waals surface area contributed by atoms with Crippen LogP contribution in [0.2, 0.25) is 5.02 Å². The summed E-state index contributed by atoms with van der Waals surface area (Å²) in [5.74, 6) is -0.127. The molecule has 0 saturated carbocycles. The molecule has 1 aliphatic heterocycles. The minimum Gasteiger partial charge on any atom is -0.491 e. The molecule has 0 bridgehead atoms. The number of benzene rings is 2. The van der Waals surface area contributed by atoms with Crippen molar-refractivity contribution in [3.63, 3.8) is 0 Å². The molecule has 35 heavy (non-hydrogen) atoms. The summed E-state index contributed by atoms with van der Waals surface area (Å²) < 4.78 is 31.1. The van der Waals surface area contributed by atoms with Gasteiger partial charge in [0.25, 0.3) is 0 Å². The van der Waals surface area contributed by atoms with Gasteiger partial charge in [0, 0.05) is 18.5 Å². The number of nitrogens with one attached hydrogen (secondary N) is 1. The van der Waals surface area contributed by atoms with Crippen molar-refractivity contribution >= 4 is 39.5 Å². The zero-order chi connectivity index (χ0) is 25.1. The van der Waals surface area contributed by atoms with Crippen LogP contribution in [0.5, 0.6) is 5.75 Å². The zero-order valence-corrected chi connectivity index (χ0v) is 23.3. The highest BCUT2D eigenvalue weighted by molar-refractivity contribution is 7.91. The van der Waals surface area contributed by atoms with E-state index in [0.29, 0.717) is 36.0 Å². The number of nitrogen functional groups attached to an aromatic ring is 1. The van der Waals surface area contributed by atoms with Crippen LogP contribution in [-0.2, 0) is 28.2 Å². The molecule has 1 saturated heterocycles. The maximum atomic E-state index is 12.7.